The van der Waals surface area contributed by atoms with Crippen molar-refractivity contribution in [1.29, 1.82) is 5.26 Å². The molecule has 1 rings (SSSR count). The fraction of sp³-hybridized carbons (Fsp3) is 0.533. The summed E-state index contributed by atoms with van der Waals surface area (Å²) in [5.74, 6) is 1.29. The van der Waals surface area contributed by atoms with Crippen LogP contribution in [0.1, 0.15) is 32.3 Å². The molecule has 1 atom stereocenters. The van der Waals surface area contributed by atoms with Crippen LogP contribution in [0.25, 0.3) is 0 Å². The first kappa shape index (κ1) is 15.3. The van der Waals surface area contributed by atoms with Crippen molar-refractivity contribution in [2.45, 2.75) is 39.3 Å². The molecule has 19 heavy (non-hydrogen) atoms. The molecule has 104 valence electrons. The third-order valence-electron chi connectivity index (χ3n) is 2.77. The topological polar surface area (TPSA) is 54.3 Å². The van der Waals surface area contributed by atoms with E-state index in [0.29, 0.717) is 17.9 Å². The Bertz CT molecular complexity index is 427. The number of nitrogens with zero attached hydrogens (tertiary/aromatic N) is 1. The van der Waals surface area contributed by atoms with Crippen molar-refractivity contribution in [1.82, 2.24) is 5.32 Å². The molecule has 1 N–H and O–H groups in total. The Morgan fingerprint density at radius 2 is 2.11 bits per heavy atom. The zero-order chi connectivity index (χ0) is 14.1. The number of hydrogen-bond donors (Lipinski definition) is 1. The fourth-order valence-electron chi connectivity index (χ4n) is 1.69. The minimum absolute atomic E-state index is 0.437. The SMILES string of the molecule is CCCNCc1ccc(OC)c(OC(C#N)CC)c1. The van der Waals surface area contributed by atoms with Crippen LogP contribution in [0.4, 0.5) is 0 Å². The second kappa shape index (κ2) is 8.39. The summed E-state index contributed by atoms with van der Waals surface area (Å²) >= 11 is 0. The molecule has 0 radical (unpaired) electrons. The Hall–Kier alpha value is -1.73. The van der Waals surface area contributed by atoms with Crippen molar-refractivity contribution in [2.24, 2.45) is 0 Å². The average molecular weight is 262 g/mol. The Balaban J connectivity index is 2.80. The van der Waals surface area contributed by atoms with Crippen molar-refractivity contribution in [3.8, 4) is 17.6 Å². The highest BCUT2D eigenvalue weighted by atomic mass is 16.5. The number of hydrogen-bond acceptors (Lipinski definition) is 4. The van der Waals surface area contributed by atoms with Gasteiger partial charge in [-0.1, -0.05) is 19.9 Å². The summed E-state index contributed by atoms with van der Waals surface area (Å²) in [6.07, 6.45) is 1.32. The predicted octanol–water partition coefficient (Wildman–Crippen LogP) is 2.88. The van der Waals surface area contributed by atoms with E-state index in [1.54, 1.807) is 7.11 Å². The van der Waals surface area contributed by atoms with Crippen LogP contribution < -0.4 is 14.8 Å². The standard InChI is InChI=1S/C15H22N2O2/c1-4-8-17-11-12-6-7-14(18-3)15(9-12)19-13(5-2)10-16/h6-7,9,13,17H,4-5,8,11H2,1-3H3. The van der Waals surface area contributed by atoms with E-state index in [9.17, 15) is 0 Å². The molecule has 1 aromatic carbocycles. The van der Waals surface area contributed by atoms with Gasteiger partial charge in [0.25, 0.3) is 0 Å². The molecule has 0 fully saturated rings. The zero-order valence-electron chi connectivity index (χ0n) is 11.9. The maximum atomic E-state index is 8.97. The van der Waals surface area contributed by atoms with Gasteiger partial charge in [-0.2, -0.15) is 5.26 Å². The van der Waals surface area contributed by atoms with Crippen LogP contribution in [0, 0.1) is 11.3 Å². The third-order valence-corrected chi connectivity index (χ3v) is 2.77. The molecule has 0 aliphatic carbocycles. The lowest BCUT2D eigenvalue weighted by Crippen LogP contribution is -2.15. The van der Waals surface area contributed by atoms with Crippen molar-refractivity contribution in [3.63, 3.8) is 0 Å². The molecular formula is C15H22N2O2. The van der Waals surface area contributed by atoms with Gasteiger partial charge < -0.3 is 14.8 Å². The van der Waals surface area contributed by atoms with Gasteiger partial charge in [0.1, 0.15) is 6.07 Å². The maximum Gasteiger partial charge on any atom is 0.184 e. The zero-order valence-corrected chi connectivity index (χ0v) is 11.9. The quantitative estimate of drug-likeness (QED) is 0.732. The smallest absolute Gasteiger partial charge is 0.184 e. The minimum atomic E-state index is -0.437. The molecule has 4 nitrogen and oxygen atoms in total. The number of benzene rings is 1. The summed E-state index contributed by atoms with van der Waals surface area (Å²) in [5, 5.41) is 12.3. The molecule has 0 aromatic heterocycles. The monoisotopic (exact) mass is 262 g/mol. The van der Waals surface area contributed by atoms with Crippen LogP contribution in [0.2, 0.25) is 0 Å². The van der Waals surface area contributed by atoms with E-state index in [2.05, 4.69) is 18.3 Å². The van der Waals surface area contributed by atoms with Crippen molar-refractivity contribution < 1.29 is 9.47 Å². The van der Waals surface area contributed by atoms with Crippen molar-refractivity contribution in [3.05, 3.63) is 23.8 Å². The number of methoxy groups -OCH3 is 1. The summed E-state index contributed by atoms with van der Waals surface area (Å²) < 4.78 is 10.9. The molecular weight excluding hydrogens is 240 g/mol. The van der Waals surface area contributed by atoms with E-state index < -0.39 is 6.10 Å². The van der Waals surface area contributed by atoms with Gasteiger partial charge in [0.15, 0.2) is 17.6 Å². The van der Waals surface area contributed by atoms with Crippen LogP contribution in [0.3, 0.4) is 0 Å². The van der Waals surface area contributed by atoms with Crippen LogP contribution in [0.5, 0.6) is 11.5 Å². The maximum absolute atomic E-state index is 8.97. The van der Waals surface area contributed by atoms with Gasteiger partial charge in [-0.3, -0.25) is 0 Å². The molecule has 0 aliphatic rings. The number of nitrogens with one attached hydrogen (secondary N) is 1. The fourth-order valence-corrected chi connectivity index (χ4v) is 1.69. The first-order valence-corrected chi connectivity index (χ1v) is 6.69. The Labute approximate surface area is 115 Å². The molecule has 0 bridgehead atoms. The van der Waals surface area contributed by atoms with E-state index in [1.807, 2.05) is 25.1 Å². The highest BCUT2D eigenvalue weighted by Crippen LogP contribution is 2.29. The van der Waals surface area contributed by atoms with Gasteiger partial charge in [-0.05, 0) is 37.1 Å². The highest BCUT2D eigenvalue weighted by molar-refractivity contribution is 5.43. The van der Waals surface area contributed by atoms with Crippen LogP contribution in [-0.2, 0) is 6.54 Å². The lowest BCUT2D eigenvalue weighted by atomic mass is 10.2. The van der Waals surface area contributed by atoms with Gasteiger partial charge >= 0.3 is 0 Å². The first-order valence-electron chi connectivity index (χ1n) is 6.69. The van der Waals surface area contributed by atoms with Gasteiger partial charge in [-0.15, -0.1) is 0 Å². The largest absolute Gasteiger partial charge is 0.493 e. The summed E-state index contributed by atoms with van der Waals surface area (Å²) in [6, 6.07) is 7.94. The lowest BCUT2D eigenvalue weighted by molar-refractivity contribution is 0.238. The van der Waals surface area contributed by atoms with E-state index in [0.717, 1.165) is 25.1 Å². The Morgan fingerprint density at radius 3 is 2.68 bits per heavy atom. The first-order chi connectivity index (χ1) is 9.24. The average Bonchev–Trinajstić information content (AvgIpc) is 2.45. The molecule has 1 aromatic rings. The van der Waals surface area contributed by atoms with Gasteiger partial charge in [0.2, 0.25) is 0 Å². The predicted molar refractivity (Wildman–Crippen MR) is 75.3 cm³/mol. The second-order valence-corrected chi connectivity index (χ2v) is 4.31. The number of ether oxygens (including phenoxy) is 2. The number of rotatable bonds is 8. The minimum Gasteiger partial charge on any atom is -0.493 e. The highest BCUT2D eigenvalue weighted by Gasteiger charge is 2.11. The van der Waals surface area contributed by atoms with Crippen LogP contribution in [-0.4, -0.2) is 19.8 Å². The van der Waals surface area contributed by atoms with Crippen LogP contribution >= 0.6 is 0 Å². The van der Waals surface area contributed by atoms with E-state index in [1.165, 1.54) is 0 Å². The molecule has 0 heterocycles. The lowest BCUT2D eigenvalue weighted by Gasteiger charge is -2.15. The summed E-state index contributed by atoms with van der Waals surface area (Å²) in [7, 11) is 1.60. The Morgan fingerprint density at radius 1 is 1.32 bits per heavy atom. The summed E-state index contributed by atoms with van der Waals surface area (Å²) in [4.78, 5) is 0. The van der Waals surface area contributed by atoms with E-state index in [4.69, 9.17) is 14.7 Å². The second-order valence-electron chi connectivity index (χ2n) is 4.31. The third kappa shape index (κ3) is 4.80. The molecule has 0 amide bonds. The molecule has 0 saturated heterocycles. The number of nitriles is 1. The molecule has 0 spiro atoms. The van der Waals surface area contributed by atoms with E-state index >= 15 is 0 Å². The van der Waals surface area contributed by atoms with E-state index in [-0.39, 0.29) is 0 Å². The van der Waals surface area contributed by atoms with Gasteiger partial charge in [-0.25, -0.2) is 0 Å². The molecule has 4 heteroatoms. The Kier molecular flexibility index (Phi) is 6.76. The summed E-state index contributed by atoms with van der Waals surface area (Å²) in [6.45, 7) is 5.83. The summed E-state index contributed by atoms with van der Waals surface area (Å²) in [5.41, 5.74) is 1.12. The molecule has 0 aliphatic heterocycles. The molecule has 0 saturated carbocycles. The van der Waals surface area contributed by atoms with Crippen LogP contribution in [0.15, 0.2) is 18.2 Å². The van der Waals surface area contributed by atoms with Crippen molar-refractivity contribution in [2.75, 3.05) is 13.7 Å². The van der Waals surface area contributed by atoms with Gasteiger partial charge in [0.05, 0.1) is 7.11 Å². The normalized spacial score (nSPS) is 11.7. The van der Waals surface area contributed by atoms with Gasteiger partial charge in [0, 0.05) is 6.54 Å². The van der Waals surface area contributed by atoms with Crippen molar-refractivity contribution >= 4 is 0 Å². The molecule has 1 unspecified atom stereocenters.